The molecule has 0 aliphatic rings. The number of hydrogen-bond acceptors (Lipinski definition) is 4. The first-order chi connectivity index (χ1) is 11.7. The Morgan fingerprint density at radius 3 is 2.54 bits per heavy atom. The molecule has 0 unspecified atom stereocenters. The summed E-state index contributed by atoms with van der Waals surface area (Å²) in [6.07, 6.45) is 6.94. The Labute approximate surface area is 140 Å². The molecule has 2 N–H and O–H groups in total. The lowest BCUT2D eigenvalue weighted by atomic mass is 10.1. The largest absolute Gasteiger partial charge is 0.325 e. The van der Waals surface area contributed by atoms with E-state index in [0.717, 1.165) is 16.9 Å². The van der Waals surface area contributed by atoms with E-state index in [1.165, 1.54) is 0 Å². The zero-order chi connectivity index (χ0) is 16.8. The molecule has 2 heterocycles. The minimum atomic E-state index is -0.0822. The third-order valence-corrected chi connectivity index (χ3v) is 3.69. The van der Waals surface area contributed by atoms with Crippen LogP contribution in [0, 0.1) is 0 Å². The van der Waals surface area contributed by atoms with E-state index in [2.05, 4.69) is 20.7 Å². The van der Waals surface area contributed by atoms with E-state index in [-0.39, 0.29) is 18.5 Å². The molecule has 0 bridgehead atoms. The van der Waals surface area contributed by atoms with Crippen LogP contribution in [-0.4, -0.2) is 27.2 Å². The van der Waals surface area contributed by atoms with E-state index in [4.69, 9.17) is 0 Å². The van der Waals surface area contributed by atoms with Gasteiger partial charge in [-0.05, 0) is 42.8 Å². The first kappa shape index (κ1) is 15.9. The van der Waals surface area contributed by atoms with Gasteiger partial charge < -0.3 is 10.6 Å². The Kier molecular flexibility index (Phi) is 4.98. The maximum atomic E-state index is 12.0. The summed E-state index contributed by atoms with van der Waals surface area (Å²) in [5.74, 6) is -0.0822. The molecule has 0 radical (unpaired) electrons. The molecule has 0 fully saturated rings. The second kappa shape index (κ2) is 7.52. The number of anilines is 1. The average Bonchev–Trinajstić information content (AvgIpc) is 3.15. The molecule has 0 spiro atoms. The molecule has 0 aliphatic heterocycles. The molecular weight excluding hydrogens is 302 g/mol. The van der Waals surface area contributed by atoms with Gasteiger partial charge in [0.05, 0.1) is 12.2 Å². The van der Waals surface area contributed by atoms with Crippen LogP contribution >= 0.6 is 0 Å². The Morgan fingerprint density at radius 2 is 1.88 bits per heavy atom. The van der Waals surface area contributed by atoms with Crippen molar-refractivity contribution < 1.29 is 4.79 Å². The third-order valence-electron chi connectivity index (χ3n) is 3.69. The van der Waals surface area contributed by atoms with Gasteiger partial charge in [0.1, 0.15) is 0 Å². The summed E-state index contributed by atoms with van der Waals surface area (Å²) >= 11 is 0. The molecule has 2 aromatic heterocycles. The van der Waals surface area contributed by atoms with Gasteiger partial charge in [0.15, 0.2) is 0 Å². The fourth-order valence-corrected chi connectivity index (χ4v) is 2.34. The molecule has 3 rings (SSSR count). The number of rotatable bonds is 6. The van der Waals surface area contributed by atoms with Crippen LogP contribution in [0.1, 0.15) is 18.5 Å². The Bertz CT molecular complexity index is 769. The van der Waals surface area contributed by atoms with Crippen molar-refractivity contribution in [2.75, 3.05) is 11.9 Å². The lowest BCUT2D eigenvalue weighted by Crippen LogP contribution is -2.30. The van der Waals surface area contributed by atoms with Crippen molar-refractivity contribution in [1.82, 2.24) is 20.1 Å². The SMILES string of the molecule is C[C@H](NCC(=O)Nc1ccncc1)c1ccc(-n2cccn2)cc1. The van der Waals surface area contributed by atoms with Crippen LogP contribution in [0.2, 0.25) is 0 Å². The second-order valence-corrected chi connectivity index (χ2v) is 5.43. The number of benzene rings is 1. The van der Waals surface area contributed by atoms with Gasteiger partial charge in [0, 0.05) is 36.5 Å². The lowest BCUT2D eigenvalue weighted by molar-refractivity contribution is -0.115. The summed E-state index contributed by atoms with van der Waals surface area (Å²) in [7, 11) is 0. The van der Waals surface area contributed by atoms with Gasteiger partial charge in [0.2, 0.25) is 5.91 Å². The highest BCUT2D eigenvalue weighted by Crippen LogP contribution is 2.15. The van der Waals surface area contributed by atoms with Crippen LogP contribution in [0.5, 0.6) is 0 Å². The number of nitrogens with one attached hydrogen (secondary N) is 2. The summed E-state index contributed by atoms with van der Waals surface area (Å²) < 4.78 is 1.81. The van der Waals surface area contributed by atoms with E-state index < -0.39 is 0 Å². The van der Waals surface area contributed by atoms with Crippen LogP contribution in [0.4, 0.5) is 5.69 Å². The summed E-state index contributed by atoms with van der Waals surface area (Å²) in [5.41, 5.74) is 2.86. The maximum absolute atomic E-state index is 12.0. The molecule has 0 aliphatic carbocycles. The van der Waals surface area contributed by atoms with Crippen molar-refractivity contribution >= 4 is 11.6 Å². The number of nitrogens with zero attached hydrogens (tertiary/aromatic N) is 3. The van der Waals surface area contributed by atoms with Gasteiger partial charge in [0.25, 0.3) is 0 Å². The van der Waals surface area contributed by atoms with E-state index in [1.54, 1.807) is 30.7 Å². The maximum Gasteiger partial charge on any atom is 0.238 e. The van der Waals surface area contributed by atoms with Crippen molar-refractivity contribution in [3.63, 3.8) is 0 Å². The number of pyridine rings is 1. The molecule has 122 valence electrons. The number of aromatic nitrogens is 3. The Balaban J connectivity index is 1.53. The van der Waals surface area contributed by atoms with Gasteiger partial charge >= 0.3 is 0 Å². The molecule has 3 aromatic rings. The monoisotopic (exact) mass is 321 g/mol. The molecule has 0 saturated carbocycles. The first-order valence-corrected chi connectivity index (χ1v) is 7.75. The molecule has 1 atom stereocenters. The smallest absolute Gasteiger partial charge is 0.238 e. The highest BCUT2D eigenvalue weighted by atomic mass is 16.1. The van der Waals surface area contributed by atoms with E-state index >= 15 is 0 Å². The normalized spacial score (nSPS) is 11.9. The molecule has 0 saturated heterocycles. The zero-order valence-corrected chi connectivity index (χ0v) is 13.4. The highest BCUT2D eigenvalue weighted by Gasteiger charge is 2.08. The van der Waals surface area contributed by atoms with Gasteiger partial charge in [-0.2, -0.15) is 5.10 Å². The highest BCUT2D eigenvalue weighted by molar-refractivity contribution is 5.92. The van der Waals surface area contributed by atoms with Crippen LogP contribution in [-0.2, 0) is 4.79 Å². The van der Waals surface area contributed by atoms with Crippen molar-refractivity contribution in [2.45, 2.75) is 13.0 Å². The van der Waals surface area contributed by atoms with Crippen molar-refractivity contribution in [1.29, 1.82) is 0 Å². The number of carbonyl (C=O) groups is 1. The van der Waals surface area contributed by atoms with Crippen LogP contribution in [0.15, 0.2) is 67.3 Å². The van der Waals surface area contributed by atoms with Crippen molar-refractivity contribution in [2.24, 2.45) is 0 Å². The van der Waals surface area contributed by atoms with Crippen LogP contribution < -0.4 is 10.6 Å². The molecule has 6 nitrogen and oxygen atoms in total. The van der Waals surface area contributed by atoms with E-state index in [9.17, 15) is 4.79 Å². The molecule has 1 amide bonds. The fraction of sp³-hybridized carbons (Fsp3) is 0.167. The summed E-state index contributed by atoms with van der Waals surface area (Å²) in [4.78, 5) is 15.9. The molecule has 24 heavy (non-hydrogen) atoms. The topological polar surface area (TPSA) is 71.8 Å². The minimum Gasteiger partial charge on any atom is -0.325 e. The summed E-state index contributed by atoms with van der Waals surface area (Å²) in [6.45, 7) is 2.27. The van der Waals surface area contributed by atoms with Crippen molar-refractivity contribution in [3.8, 4) is 5.69 Å². The van der Waals surface area contributed by atoms with Gasteiger partial charge in [-0.1, -0.05) is 12.1 Å². The number of amides is 1. The minimum absolute atomic E-state index is 0.0693. The molecule has 6 heteroatoms. The summed E-state index contributed by atoms with van der Waals surface area (Å²) in [5, 5.41) is 10.3. The van der Waals surface area contributed by atoms with E-state index in [1.807, 2.05) is 48.1 Å². The predicted molar refractivity (Wildman–Crippen MR) is 92.8 cm³/mol. The predicted octanol–water partition coefficient (Wildman–Crippen LogP) is 2.56. The fourth-order valence-electron chi connectivity index (χ4n) is 2.34. The van der Waals surface area contributed by atoms with Gasteiger partial charge in [-0.25, -0.2) is 4.68 Å². The Morgan fingerprint density at radius 1 is 1.12 bits per heavy atom. The Hall–Kier alpha value is -2.99. The van der Waals surface area contributed by atoms with Crippen molar-refractivity contribution in [3.05, 3.63) is 72.8 Å². The van der Waals surface area contributed by atoms with Gasteiger partial charge in [-0.3, -0.25) is 9.78 Å². The molecular formula is C18H19N5O. The van der Waals surface area contributed by atoms with E-state index in [0.29, 0.717) is 0 Å². The standard InChI is InChI=1S/C18H19N5O/c1-14(20-13-18(24)22-16-7-10-19-11-8-16)15-3-5-17(6-4-15)23-12-2-9-21-23/h2-12,14,20H,13H2,1H3,(H,19,22,24)/t14-/m0/s1. The van der Waals surface area contributed by atoms with Crippen LogP contribution in [0.25, 0.3) is 5.69 Å². The zero-order valence-electron chi connectivity index (χ0n) is 13.4. The first-order valence-electron chi connectivity index (χ1n) is 7.75. The quantitative estimate of drug-likeness (QED) is 0.732. The van der Waals surface area contributed by atoms with Gasteiger partial charge in [-0.15, -0.1) is 0 Å². The third kappa shape index (κ3) is 4.05. The molecule has 1 aromatic carbocycles. The lowest BCUT2D eigenvalue weighted by Gasteiger charge is -2.15. The second-order valence-electron chi connectivity index (χ2n) is 5.43. The number of hydrogen-bond donors (Lipinski definition) is 2. The summed E-state index contributed by atoms with van der Waals surface area (Å²) in [6, 6.07) is 13.6. The van der Waals surface area contributed by atoms with Crippen LogP contribution in [0.3, 0.4) is 0 Å². The average molecular weight is 321 g/mol. The number of carbonyl (C=O) groups excluding carboxylic acids is 1.